The molecule has 160 valence electrons. The lowest BCUT2D eigenvalue weighted by Crippen LogP contribution is -2.06. The molecular formula is C24H17ClN2O5. The number of rotatable bonds is 7. The van der Waals surface area contributed by atoms with Crippen molar-refractivity contribution in [1.82, 2.24) is 0 Å². The summed E-state index contributed by atoms with van der Waals surface area (Å²) in [6, 6.07) is 21.4. The van der Waals surface area contributed by atoms with Crippen LogP contribution < -0.4 is 4.74 Å². The lowest BCUT2D eigenvalue weighted by Gasteiger charge is -2.07. The Morgan fingerprint density at radius 3 is 2.66 bits per heavy atom. The summed E-state index contributed by atoms with van der Waals surface area (Å²) in [5.41, 5.74) is 1.97. The maximum absolute atomic E-state index is 12.3. The Kier molecular flexibility index (Phi) is 6.28. The van der Waals surface area contributed by atoms with Gasteiger partial charge in [-0.2, -0.15) is 0 Å². The Hall–Kier alpha value is -3.97. The second-order valence-corrected chi connectivity index (χ2v) is 7.32. The standard InChI is InChI=1S/C24H17ClN2O5/c25-20-10-9-18(15-22(20)27(29)30)23-26-21(24(28)32-23)14-17-7-4-8-19(13-17)31-12-11-16-5-2-1-3-6-16/h1-10,13-15H,11-12H2/b21-14-. The molecule has 0 aliphatic carbocycles. The van der Waals surface area contributed by atoms with Crippen molar-refractivity contribution in [1.29, 1.82) is 0 Å². The highest BCUT2D eigenvalue weighted by Gasteiger charge is 2.26. The molecule has 0 saturated carbocycles. The summed E-state index contributed by atoms with van der Waals surface area (Å²) in [6.07, 6.45) is 2.35. The molecule has 0 spiro atoms. The molecule has 1 aliphatic rings. The maximum atomic E-state index is 12.3. The first-order valence-corrected chi connectivity index (χ1v) is 10.1. The van der Waals surface area contributed by atoms with Crippen LogP contribution in [0.3, 0.4) is 0 Å². The molecule has 0 radical (unpaired) electrons. The fourth-order valence-corrected chi connectivity index (χ4v) is 3.29. The number of ether oxygens (including phenoxy) is 2. The molecule has 1 aliphatic heterocycles. The van der Waals surface area contributed by atoms with Gasteiger partial charge in [0.05, 0.1) is 11.5 Å². The number of carbonyl (C=O) groups is 1. The van der Waals surface area contributed by atoms with Crippen molar-refractivity contribution in [3.63, 3.8) is 0 Å². The minimum atomic E-state index is -0.645. The molecule has 0 atom stereocenters. The van der Waals surface area contributed by atoms with Crippen LogP contribution in [0.25, 0.3) is 6.08 Å². The summed E-state index contributed by atoms with van der Waals surface area (Å²) in [4.78, 5) is 26.9. The van der Waals surface area contributed by atoms with Crippen molar-refractivity contribution in [3.8, 4) is 5.75 Å². The van der Waals surface area contributed by atoms with Gasteiger partial charge in [0.15, 0.2) is 5.70 Å². The van der Waals surface area contributed by atoms with E-state index in [0.717, 1.165) is 6.42 Å². The molecule has 0 unspecified atom stereocenters. The largest absolute Gasteiger partial charge is 0.493 e. The summed E-state index contributed by atoms with van der Waals surface area (Å²) in [5, 5.41) is 11.1. The van der Waals surface area contributed by atoms with E-state index in [1.165, 1.54) is 23.8 Å². The summed E-state index contributed by atoms with van der Waals surface area (Å²) in [7, 11) is 0. The van der Waals surface area contributed by atoms with Gasteiger partial charge in [-0.1, -0.05) is 54.1 Å². The average molecular weight is 449 g/mol. The monoisotopic (exact) mass is 448 g/mol. The highest BCUT2D eigenvalue weighted by atomic mass is 35.5. The number of halogens is 1. The molecule has 0 N–H and O–H groups in total. The molecule has 3 aromatic rings. The van der Waals surface area contributed by atoms with Crippen molar-refractivity contribution in [2.24, 2.45) is 4.99 Å². The third kappa shape index (κ3) is 5.01. The number of cyclic esters (lactones) is 1. The van der Waals surface area contributed by atoms with Crippen molar-refractivity contribution in [3.05, 3.63) is 110 Å². The topological polar surface area (TPSA) is 91.0 Å². The first-order chi connectivity index (χ1) is 15.5. The first kappa shape index (κ1) is 21.3. The van der Waals surface area contributed by atoms with E-state index in [9.17, 15) is 14.9 Å². The molecule has 0 bridgehead atoms. The summed E-state index contributed by atoms with van der Waals surface area (Å²) in [6.45, 7) is 0.518. The van der Waals surface area contributed by atoms with Crippen LogP contribution in [0.4, 0.5) is 5.69 Å². The van der Waals surface area contributed by atoms with Gasteiger partial charge in [0.2, 0.25) is 5.90 Å². The van der Waals surface area contributed by atoms with Crippen LogP contribution >= 0.6 is 11.6 Å². The predicted molar refractivity (Wildman–Crippen MR) is 121 cm³/mol. The van der Waals surface area contributed by atoms with E-state index in [1.807, 2.05) is 48.5 Å². The molecule has 3 aromatic carbocycles. The van der Waals surface area contributed by atoms with Gasteiger partial charge >= 0.3 is 5.97 Å². The fourth-order valence-electron chi connectivity index (χ4n) is 3.10. The maximum Gasteiger partial charge on any atom is 0.363 e. The number of esters is 1. The molecule has 0 amide bonds. The van der Waals surface area contributed by atoms with Gasteiger partial charge in [-0.3, -0.25) is 10.1 Å². The summed E-state index contributed by atoms with van der Waals surface area (Å²) < 4.78 is 11.0. The fraction of sp³-hybridized carbons (Fsp3) is 0.0833. The van der Waals surface area contributed by atoms with Gasteiger partial charge in [-0.15, -0.1) is 0 Å². The third-order valence-corrected chi connectivity index (χ3v) is 4.99. The molecule has 7 nitrogen and oxygen atoms in total. The molecule has 8 heteroatoms. The normalized spacial score (nSPS) is 14.2. The van der Waals surface area contributed by atoms with Crippen LogP contribution in [0, 0.1) is 10.1 Å². The number of hydrogen-bond donors (Lipinski definition) is 0. The number of nitro benzene ring substituents is 1. The van der Waals surface area contributed by atoms with Crippen molar-refractivity contribution >= 4 is 35.2 Å². The molecule has 0 aromatic heterocycles. The van der Waals surface area contributed by atoms with Crippen LogP contribution in [-0.2, 0) is 16.0 Å². The molecular weight excluding hydrogens is 432 g/mol. The molecule has 32 heavy (non-hydrogen) atoms. The number of nitrogens with zero attached hydrogens (tertiary/aromatic N) is 2. The van der Waals surface area contributed by atoms with Crippen LogP contribution in [0.1, 0.15) is 16.7 Å². The Bertz CT molecular complexity index is 1240. The van der Waals surface area contributed by atoms with Crippen molar-refractivity contribution < 1.29 is 19.2 Å². The lowest BCUT2D eigenvalue weighted by atomic mass is 10.1. The zero-order valence-corrected chi connectivity index (χ0v) is 17.5. The molecule has 0 saturated heterocycles. The first-order valence-electron chi connectivity index (χ1n) is 9.73. The van der Waals surface area contributed by atoms with Crippen molar-refractivity contribution in [2.45, 2.75) is 6.42 Å². The predicted octanol–water partition coefficient (Wildman–Crippen LogP) is 5.21. The number of benzene rings is 3. The second-order valence-electron chi connectivity index (χ2n) is 6.92. The van der Waals surface area contributed by atoms with Crippen LogP contribution in [-0.4, -0.2) is 23.4 Å². The van der Waals surface area contributed by atoms with Crippen LogP contribution in [0.2, 0.25) is 5.02 Å². The zero-order chi connectivity index (χ0) is 22.5. The highest BCUT2D eigenvalue weighted by molar-refractivity contribution is 6.32. The summed E-state index contributed by atoms with van der Waals surface area (Å²) in [5.74, 6) is 0.00320. The Balaban J connectivity index is 1.49. The van der Waals surface area contributed by atoms with Gasteiger partial charge < -0.3 is 9.47 Å². The number of carbonyl (C=O) groups excluding carboxylic acids is 1. The van der Waals surface area contributed by atoms with Crippen LogP contribution in [0.15, 0.2) is 83.5 Å². The second kappa shape index (κ2) is 9.45. The van der Waals surface area contributed by atoms with E-state index in [-0.39, 0.29) is 27.9 Å². The minimum Gasteiger partial charge on any atom is -0.493 e. The SMILES string of the molecule is O=C1OC(c2ccc(Cl)c([N+](=O)[O-])c2)=N/C1=C\c1cccc(OCCc2ccccc2)c1. The van der Waals surface area contributed by atoms with Gasteiger partial charge in [0, 0.05) is 18.1 Å². The Morgan fingerprint density at radius 1 is 1.06 bits per heavy atom. The smallest absolute Gasteiger partial charge is 0.363 e. The third-order valence-electron chi connectivity index (χ3n) is 4.67. The quantitative estimate of drug-likeness (QED) is 0.214. The number of aliphatic imine (C=N–C) groups is 1. The Morgan fingerprint density at radius 2 is 1.88 bits per heavy atom. The number of hydrogen-bond acceptors (Lipinski definition) is 6. The zero-order valence-electron chi connectivity index (χ0n) is 16.7. The molecule has 1 heterocycles. The van der Waals surface area contributed by atoms with Crippen molar-refractivity contribution in [2.75, 3.05) is 6.61 Å². The van der Waals surface area contributed by atoms with Gasteiger partial charge in [0.25, 0.3) is 5.69 Å². The van der Waals surface area contributed by atoms with Gasteiger partial charge in [-0.05, 0) is 41.5 Å². The van der Waals surface area contributed by atoms with E-state index < -0.39 is 10.9 Å². The molecule has 4 rings (SSSR count). The lowest BCUT2D eigenvalue weighted by molar-refractivity contribution is -0.384. The van der Waals surface area contributed by atoms with Crippen LogP contribution in [0.5, 0.6) is 5.75 Å². The van der Waals surface area contributed by atoms with E-state index in [0.29, 0.717) is 17.9 Å². The van der Waals surface area contributed by atoms with E-state index in [1.54, 1.807) is 12.1 Å². The summed E-state index contributed by atoms with van der Waals surface area (Å²) >= 11 is 5.84. The van der Waals surface area contributed by atoms with E-state index >= 15 is 0 Å². The number of nitro groups is 1. The molecule has 0 fully saturated rings. The average Bonchev–Trinajstić information content (AvgIpc) is 3.15. The highest BCUT2D eigenvalue weighted by Crippen LogP contribution is 2.28. The van der Waals surface area contributed by atoms with Gasteiger partial charge in [-0.25, -0.2) is 9.79 Å². The van der Waals surface area contributed by atoms with E-state index in [4.69, 9.17) is 21.1 Å². The van der Waals surface area contributed by atoms with E-state index in [2.05, 4.69) is 4.99 Å². The van der Waals surface area contributed by atoms with Gasteiger partial charge in [0.1, 0.15) is 10.8 Å². The minimum absolute atomic E-state index is 0.0106. The Labute approximate surface area is 188 Å².